The van der Waals surface area contributed by atoms with Crippen LogP contribution < -0.4 is 10.1 Å². The third-order valence-corrected chi connectivity index (χ3v) is 6.15. The topological polar surface area (TPSA) is 38.3 Å². The van der Waals surface area contributed by atoms with Gasteiger partial charge in [0.05, 0.1) is 6.61 Å². The van der Waals surface area contributed by atoms with Gasteiger partial charge in [0.15, 0.2) is 0 Å². The van der Waals surface area contributed by atoms with Crippen molar-refractivity contribution in [3.05, 3.63) is 23.8 Å². The van der Waals surface area contributed by atoms with E-state index < -0.39 is 0 Å². The van der Waals surface area contributed by atoms with Gasteiger partial charge in [-0.15, -0.1) is 0 Å². The summed E-state index contributed by atoms with van der Waals surface area (Å²) in [4.78, 5) is 11.4. The van der Waals surface area contributed by atoms with Gasteiger partial charge in [-0.1, -0.05) is 19.3 Å². The van der Waals surface area contributed by atoms with Crippen LogP contribution in [0.3, 0.4) is 0 Å². The minimum absolute atomic E-state index is 0.113. The van der Waals surface area contributed by atoms with Gasteiger partial charge >= 0.3 is 0 Å². The van der Waals surface area contributed by atoms with E-state index in [4.69, 9.17) is 4.74 Å². The fourth-order valence-electron chi connectivity index (χ4n) is 3.33. The number of anilines is 1. The second-order valence-electron chi connectivity index (χ2n) is 6.55. The van der Waals surface area contributed by atoms with Crippen molar-refractivity contribution in [2.24, 2.45) is 0 Å². The Morgan fingerprint density at radius 1 is 1.13 bits per heavy atom. The molecule has 3 rings (SSSR count). The molecular weight excluding hydrogens is 306 g/mol. The minimum Gasteiger partial charge on any atom is -0.494 e. The molecule has 1 aromatic carbocycles. The maximum absolute atomic E-state index is 11.4. The summed E-state index contributed by atoms with van der Waals surface area (Å²) in [5.41, 5.74) is 2.13. The number of amides is 1. The van der Waals surface area contributed by atoms with Gasteiger partial charge in [0.1, 0.15) is 5.75 Å². The molecule has 1 amide bonds. The molecule has 1 heterocycles. The van der Waals surface area contributed by atoms with E-state index in [0.29, 0.717) is 6.42 Å². The number of rotatable bonds is 7. The number of nitrogens with one attached hydrogen (secondary N) is 1. The SMILES string of the molecule is O=C1CCc2cc(OCCCCSC3CCCCC3)ccc2N1. The minimum atomic E-state index is 0.113. The summed E-state index contributed by atoms with van der Waals surface area (Å²) >= 11 is 2.17. The van der Waals surface area contributed by atoms with Crippen molar-refractivity contribution < 1.29 is 9.53 Å². The highest BCUT2D eigenvalue weighted by molar-refractivity contribution is 7.99. The monoisotopic (exact) mass is 333 g/mol. The molecule has 1 saturated carbocycles. The Kier molecular flexibility index (Phi) is 6.26. The molecule has 0 radical (unpaired) electrons. The van der Waals surface area contributed by atoms with Crippen LogP contribution in [0.2, 0.25) is 0 Å². The molecule has 0 aromatic heterocycles. The molecule has 0 saturated heterocycles. The fraction of sp³-hybridized carbons (Fsp3) is 0.632. The van der Waals surface area contributed by atoms with Gasteiger partial charge in [0, 0.05) is 17.4 Å². The second kappa shape index (κ2) is 8.62. The van der Waals surface area contributed by atoms with Crippen LogP contribution in [0.1, 0.15) is 56.9 Å². The molecule has 1 aromatic rings. The van der Waals surface area contributed by atoms with Crippen molar-refractivity contribution >= 4 is 23.4 Å². The average molecular weight is 333 g/mol. The van der Waals surface area contributed by atoms with Gasteiger partial charge in [-0.05, 0) is 61.6 Å². The van der Waals surface area contributed by atoms with E-state index in [1.54, 1.807) is 0 Å². The molecule has 1 aliphatic heterocycles. The summed E-state index contributed by atoms with van der Waals surface area (Å²) in [6.07, 6.45) is 10.9. The van der Waals surface area contributed by atoms with E-state index in [1.807, 2.05) is 12.1 Å². The summed E-state index contributed by atoms with van der Waals surface area (Å²) in [6.45, 7) is 0.788. The predicted octanol–water partition coefficient (Wildman–Crippen LogP) is 4.80. The van der Waals surface area contributed by atoms with Gasteiger partial charge in [-0.2, -0.15) is 11.8 Å². The third-order valence-electron chi connectivity index (χ3n) is 4.69. The smallest absolute Gasteiger partial charge is 0.224 e. The summed E-state index contributed by atoms with van der Waals surface area (Å²) in [5, 5.41) is 3.82. The van der Waals surface area contributed by atoms with E-state index in [0.717, 1.165) is 36.1 Å². The third kappa shape index (κ3) is 5.17. The van der Waals surface area contributed by atoms with Crippen LogP contribution in [0.5, 0.6) is 5.75 Å². The first-order valence-corrected chi connectivity index (χ1v) is 10.0. The molecule has 0 bridgehead atoms. The molecule has 0 atom stereocenters. The molecule has 1 N–H and O–H groups in total. The molecule has 1 aliphatic carbocycles. The Labute approximate surface area is 143 Å². The van der Waals surface area contributed by atoms with E-state index in [1.165, 1.54) is 49.8 Å². The highest BCUT2D eigenvalue weighted by atomic mass is 32.2. The van der Waals surface area contributed by atoms with Crippen molar-refractivity contribution in [1.29, 1.82) is 0 Å². The lowest BCUT2D eigenvalue weighted by Gasteiger charge is -2.20. The van der Waals surface area contributed by atoms with Gasteiger partial charge in [-0.25, -0.2) is 0 Å². The van der Waals surface area contributed by atoms with Gasteiger partial charge in [0.25, 0.3) is 0 Å². The number of ether oxygens (including phenoxy) is 1. The predicted molar refractivity (Wildman–Crippen MR) is 97.5 cm³/mol. The number of fused-ring (bicyclic) bond motifs is 1. The van der Waals surface area contributed by atoms with Gasteiger partial charge < -0.3 is 10.1 Å². The lowest BCUT2D eigenvalue weighted by atomic mass is 10.0. The van der Waals surface area contributed by atoms with E-state index in [-0.39, 0.29) is 5.91 Å². The largest absolute Gasteiger partial charge is 0.494 e. The summed E-state index contributed by atoms with van der Waals surface area (Å²) < 4.78 is 5.87. The maximum Gasteiger partial charge on any atom is 0.224 e. The van der Waals surface area contributed by atoms with Crippen molar-refractivity contribution in [1.82, 2.24) is 0 Å². The summed E-state index contributed by atoms with van der Waals surface area (Å²) in [5.74, 6) is 2.31. The molecular formula is C19H27NO2S. The van der Waals surface area contributed by atoms with Gasteiger partial charge in [0.2, 0.25) is 5.91 Å². The van der Waals surface area contributed by atoms with E-state index in [2.05, 4.69) is 23.1 Å². The molecule has 3 nitrogen and oxygen atoms in total. The first-order chi connectivity index (χ1) is 11.3. The number of aryl methyl sites for hydroxylation is 1. The van der Waals surface area contributed by atoms with Crippen LogP contribution in [-0.2, 0) is 11.2 Å². The van der Waals surface area contributed by atoms with Crippen LogP contribution in [0.15, 0.2) is 18.2 Å². The lowest BCUT2D eigenvalue weighted by Crippen LogP contribution is -2.18. The Morgan fingerprint density at radius 2 is 2.00 bits per heavy atom. The van der Waals surface area contributed by atoms with Crippen molar-refractivity contribution in [2.45, 2.75) is 63.0 Å². The molecule has 23 heavy (non-hydrogen) atoms. The highest BCUT2D eigenvalue weighted by Gasteiger charge is 2.15. The Hall–Kier alpha value is -1.16. The first-order valence-electron chi connectivity index (χ1n) is 8.98. The van der Waals surface area contributed by atoms with E-state index in [9.17, 15) is 4.79 Å². The van der Waals surface area contributed by atoms with Crippen molar-refractivity contribution in [3.63, 3.8) is 0 Å². The van der Waals surface area contributed by atoms with Gasteiger partial charge in [-0.3, -0.25) is 4.79 Å². The van der Waals surface area contributed by atoms with Crippen molar-refractivity contribution in [2.75, 3.05) is 17.7 Å². The number of benzene rings is 1. The number of carbonyl (C=O) groups is 1. The number of unbranched alkanes of at least 4 members (excludes halogenated alkanes) is 1. The fourth-order valence-corrected chi connectivity index (χ4v) is 4.70. The first kappa shape index (κ1) is 16.7. The molecule has 1 fully saturated rings. The number of thioether (sulfide) groups is 1. The lowest BCUT2D eigenvalue weighted by molar-refractivity contribution is -0.116. The van der Waals surface area contributed by atoms with Crippen LogP contribution >= 0.6 is 11.8 Å². The normalized spacial score (nSPS) is 18.3. The average Bonchev–Trinajstić information content (AvgIpc) is 2.59. The molecule has 0 spiro atoms. The maximum atomic E-state index is 11.4. The molecule has 126 valence electrons. The summed E-state index contributed by atoms with van der Waals surface area (Å²) in [7, 11) is 0. The Balaban J connectivity index is 1.32. The zero-order chi connectivity index (χ0) is 15.9. The number of hydrogen-bond acceptors (Lipinski definition) is 3. The second-order valence-corrected chi connectivity index (χ2v) is 7.96. The molecule has 0 unspecified atom stereocenters. The molecule has 2 aliphatic rings. The van der Waals surface area contributed by atoms with E-state index >= 15 is 0 Å². The van der Waals surface area contributed by atoms with Crippen molar-refractivity contribution in [3.8, 4) is 5.75 Å². The van der Waals surface area contributed by atoms with Crippen LogP contribution in [-0.4, -0.2) is 23.5 Å². The zero-order valence-corrected chi connectivity index (χ0v) is 14.6. The standard InChI is InChI=1S/C19H27NO2S/c21-19-11-8-15-14-16(9-10-18(15)20-19)22-12-4-5-13-23-17-6-2-1-3-7-17/h9-10,14,17H,1-8,11-13H2,(H,20,21). The number of carbonyl (C=O) groups excluding carboxylic acids is 1. The molecule has 4 heteroatoms. The van der Waals surface area contributed by atoms with Crippen LogP contribution in [0.4, 0.5) is 5.69 Å². The Bertz CT molecular complexity index is 526. The summed E-state index contributed by atoms with van der Waals surface area (Å²) in [6, 6.07) is 5.99. The zero-order valence-electron chi connectivity index (χ0n) is 13.8. The highest BCUT2D eigenvalue weighted by Crippen LogP contribution is 2.29. The van der Waals surface area contributed by atoms with Crippen LogP contribution in [0, 0.1) is 0 Å². The quantitative estimate of drug-likeness (QED) is 0.729. The Morgan fingerprint density at radius 3 is 2.87 bits per heavy atom. The van der Waals surface area contributed by atoms with Crippen LogP contribution in [0.25, 0.3) is 0 Å². The number of hydrogen-bond donors (Lipinski definition) is 1.